The van der Waals surface area contributed by atoms with E-state index in [2.05, 4.69) is 5.32 Å². The summed E-state index contributed by atoms with van der Waals surface area (Å²) in [4.78, 5) is -0.103. The highest BCUT2D eigenvalue weighted by atomic mass is 35.5. The lowest BCUT2D eigenvalue weighted by Crippen LogP contribution is -2.42. The number of rotatable bonds is 4. The van der Waals surface area contributed by atoms with Gasteiger partial charge in [-0.1, -0.05) is 0 Å². The van der Waals surface area contributed by atoms with E-state index in [0.29, 0.717) is 6.54 Å². The van der Waals surface area contributed by atoms with Gasteiger partial charge in [0.2, 0.25) is 10.0 Å². The highest BCUT2D eigenvalue weighted by Gasteiger charge is 2.44. The first-order valence-corrected chi connectivity index (χ1v) is 11.2. The van der Waals surface area contributed by atoms with Crippen molar-refractivity contribution in [3.05, 3.63) is 18.2 Å². The van der Waals surface area contributed by atoms with Gasteiger partial charge in [-0.3, -0.25) is 0 Å². The van der Waals surface area contributed by atoms with Crippen molar-refractivity contribution in [3.8, 4) is 5.75 Å². The molecule has 1 N–H and O–H groups in total. The molecule has 2 aliphatic heterocycles. The maximum atomic E-state index is 13.3. The Morgan fingerprint density at radius 3 is 2.44 bits per heavy atom. The molecule has 2 bridgehead atoms. The van der Waals surface area contributed by atoms with Gasteiger partial charge in [0.25, 0.3) is 0 Å². The van der Waals surface area contributed by atoms with Gasteiger partial charge in [0, 0.05) is 24.9 Å². The van der Waals surface area contributed by atoms with Crippen LogP contribution in [-0.4, -0.2) is 59.7 Å². The van der Waals surface area contributed by atoms with Crippen LogP contribution in [0.15, 0.2) is 28.0 Å². The molecule has 10 heteroatoms. The number of sulfonamides is 1. The maximum absolute atomic E-state index is 13.3. The average molecular weight is 411 g/mol. The van der Waals surface area contributed by atoms with Crippen LogP contribution < -0.4 is 10.1 Å². The number of nitrogens with one attached hydrogen (secondary N) is 1. The fourth-order valence-corrected chi connectivity index (χ4v) is 6.34. The van der Waals surface area contributed by atoms with Crippen molar-refractivity contribution >= 4 is 32.3 Å². The van der Waals surface area contributed by atoms with Crippen molar-refractivity contribution < 1.29 is 21.6 Å². The molecule has 0 spiro atoms. The Balaban J connectivity index is 0.00000225. The van der Waals surface area contributed by atoms with Crippen LogP contribution in [0.25, 0.3) is 0 Å². The molecule has 7 nitrogen and oxygen atoms in total. The Morgan fingerprint density at radius 2 is 1.80 bits per heavy atom. The summed E-state index contributed by atoms with van der Waals surface area (Å²) in [7, 11) is -5.97. The van der Waals surface area contributed by atoms with Gasteiger partial charge in [-0.25, -0.2) is 16.8 Å². The van der Waals surface area contributed by atoms with Crippen LogP contribution in [0, 0.1) is 0 Å². The largest absolute Gasteiger partial charge is 0.495 e. The quantitative estimate of drug-likeness (QED) is 0.797. The van der Waals surface area contributed by atoms with E-state index in [0.717, 1.165) is 32.1 Å². The van der Waals surface area contributed by atoms with E-state index in [-0.39, 0.29) is 40.0 Å². The van der Waals surface area contributed by atoms with Crippen molar-refractivity contribution in [2.24, 2.45) is 0 Å². The van der Waals surface area contributed by atoms with Gasteiger partial charge in [-0.2, -0.15) is 4.31 Å². The minimum Gasteiger partial charge on any atom is -0.495 e. The molecule has 142 valence electrons. The molecule has 2 aliphatic rings. The summed E-state index contributed by atoms with van der Waals surface area (Å²) in [6, 6.07) is 3.82. The third kappa shape index (κ3) is 3.80. The van der Waals surface area contributed by atoms with E-state index >= 15 is 0 Å². The normalized spacial score (nSPS) is 24.4. The Bertz CT molecular complexity index is 827. The fourth-order valence-electron chi connectivity index (χ4n) is 3.53. The first-order chi connectivity index (χ1) is 11.2. The predicted octanol–water partition coefficient (Wildman–Crippen LogP) is 1.04. The smallest absolute Gasteiger partial charge is 0.247 e. The molecule has 0 saturated carbocycles. The number of methoxy groups -OCH3 is 1. The molecule has 2 unspecified atom stereocenters. The number of fused-ring (bicyclic) bond motifs is 2. The summed E-state index contributed by atoms with van der Waals surface area (Å²) in [6.07, 6.45) is 3.46. The number of ether oxygens (including phenoxy) is 1. The molecule has 2 fully saturated rings. The molecular weight excluding hydrogens is 388 g/mol. The second-order valence-electron chi connectivity index (χ2n) is 6.30. The molecule has 1 aromatic rings. The number of hydrogen-bond acceptors (Lipinski definition) is 6. The Hall–Kier alpha value is -0.870. The monoisotopic (exact) mass is 410 g/mol. The van der Waals surface area contributed by atoms with E-state index < -0.39 is 19.9 Å². The van der Waals surface area contributed by atoms with Crippen molar-refractivity contribution in [2.75, 3.05) is 26.5 Å². The predicted molar refractivity (Wildman–Crippen MR) is 96.7 cm³/mol. The summed E-state index contributed by atoms with van der Waals surface area (Å²) < 4.78 is 57.0. The Morgan fingerprint density at radius 1 is 1.12 bits per heavy atom. The Labute approximate surface area is 155 Å². The summed E-state index contributed by atoms with van der Waals surface area (Å²) in [5.74, 6) is 0.166. The van der Waals surface area contributed by atoms with E-state index in [1.807, 2.05) is 0 Å². The van der Waals surface area contributed by atoms with Crippen molar-refractivity contribution in [1.82, 2.24) is 9.62 Å². The van der Waals surface area contributed by atoms with Crippen molar-refractivity contribution in [3.63, 3.8) is 0 Å². The number of halogens is 1. The lowest BCUT2D eigenvalue weighted by Gasteiger charge is -2.27. The molecule has 25 heavy (non-hydrogen) atoms. The van der Waals surface area contributed by atoms with E-state index in [4.69, 9.17) is 4.74 Å². The number of nitrogens with zero attached hydrogens (tertiary/aromatic N) is 1. The van der Waals surface area contributed by atoms with Gasteiger partial charge < -0.3 is 10.1 Å². The summed E-state index contributed by atoms with van der Waals surface area (Å²) in [6.45, 7) is 1.40. The molecule has 2 atom stereocenters. The molecule has 1 aromatic carbocycles. The first kappa shape index (κ1) is 20.4. The minimum absolute atomic E-state index is 0. The van der Waals surface area contributed by atoms with Crippen molar-refractivity contribution in [1.29, 1.82) is 0 Å². The van der Waals surface area contributed by atoms with Crippen LogP contribution in [0.1, 0.15) is 19.3 Å². The second-order valence-corrected chi connectivity index (χ2v) is 10.1. The van der Waals surface area contributed by atoms with Crippen molar-refractivity contribution in [2.45, 2.75) is 41.1 Å². The van der Waals surface area contributed by atoms with E-state index in [1.165, 1.54) is 25.3 Å². The topological polar surface area (TPSA) is 92.8 Å². The van der Waals surface area contributed by atoms with Crippen LogP contribution >= 0.6 is 12.4 Å². The second kappa shape index (κ2) is 7.40. The highest BCUT2D eigenvalue weighted by Crippen LogP contribution is 2.37. The molecule has 2 heterocycles. The van der Waals surface area contributed by atoms with Gasteiger partial charge >= 0.3 is 0 Å². The number of benzene rings is 1. The zero-order valence-electron chi connectivity index (χ0n) is 14.1. The minimum atomic E-state index is -3.84. The van der Waals surface area contributed by atoms with Crippen LogP contribution in [0.4, 0.5) is 0 Å². The molecular formula is C15H23ClN2O5S2. The van der Waals surface area contributed by atoms with Gasteiger partial charge in [0.1, 0.15) is 10.6 Å². The third-order valence-electron chi connectivity index (χ3n) is 4.71. The van der Waals surface area contributed by atoms with Crippen LogP contribution in [-0.2, 0) is 19.9 Å². The summed E-state index contributed by atoms with van der Waals surface area (Å²) in [5.41, 5.74) is 0. The molecule has 0 aromatic heterocycles. The van der Waals surface area contributed by atoms with E-state index in [1.54, 1.807) is 4.31 Å². The molecule has 0 aliphatic carbocycles. The van der Waals surface area contributed by atoms with Crippen LogP contribution in [0.3, 0.4) is 0 Å². The number of hydrogen-bond donors (Lipinski definition) is 1. The van der Waals surface area contributed by atoms with Crippen LogP contribution in [0.2, 0.25) is 0 Å². The summed E-state index contributed by atoms with van der Waals surface area (Å²) in [5, 5.41) is 3.26. The van der Waals surface area contributed by atoms with Gasteiger partial charge in [0.15, 0.2) is 9.84 Å². The first-order valence-electron chi connectivity index (χ1n) is 7.87. The summed E-state index contributed by atoms with van der Waals surface area (Å²) >= 11 is 0. The average Bonchev–Trinajstić information content (AvgIpc) is 2.79. The SMILES string of the molecule is COc1ccc(S(C)(=O)=O)cc1S(=O)(=O)N1C2CCNCC1CC2.Cl. The third-order valence-corrected chi connectivity index (χ3v) is 7.84. The van der Waals surface area contributed by atoms with Gasteiger partial charge in [0.05, 0.1) is 12.0 Å². The van der Waals surface area contributed by atoms with Gasteiger partial charge in [-0.05, 0) is 44.0 Å². The highest BCUT2D eigenvalue weighted by molar-refractivity contribution is 7.91. The lowest BCUT2D eigenvalue weighted by molar-refractivity contribution is 0.331. The van der Waals surface area contributed by atoms with E-state index in [9.17, 15) is 16.8 Å². The maximum Gasteiger partial charge on any atom is 0.247 e. The molecule has 0 radical (unpaired) electrons. The fraction of sp³-hybridized carbons (Fsp3) is 0.600. The molecule has 3 rings (SSSR count). The number of sulfone groups is 1. The van der Waals surface area contributed by atoms with Crippen LogP contribution in [0.5, 0.6) is 5.75 Å². The zero-order chi connectivity index (χ0) is 17.5. The zero-order valence-corrected chi connectivity index (χ0v) is 16.6. The molecule has 0 amide bonds. The standard InChI is InChI=1S/C15H22N2O5S2.ClH/c1-22-14-6-5-13(23(2,18)19)9-15(14)24(20,21)17-11-3-4-12(17)10-16-8-7-11;/h5-6,9,11-12,16H,3-4,7-8,10H2,1-2H3;1H. The van der Waals surface area contributed by atoms with Gasteiger partial charge in [-0.15, -0.1) is 12.4 Å². The lowest BCUT2D eigenvalue weighted by atomic mass is 10.1. The Kier molecular flexibility index (Phi) is 6.05. The molecule has 2 saturated heterocycles.